The van der Waals surface area contributed by atoms with Gasteiger partial charge in [-0.05, 0) is 61.6 Å². The third kappa shape index (κ3) is 3.91. The molecule has 0 aliphatic heterocycles. The number of tetrazole rings is 1. The maximum absolute atomic E-state index is 12.9. The second-order valence-electron chi connectivity index (χ2n) is 6.21. The number of carbonyl (C=O) groups is 1. The Hall–Kier alpha value is -3.02. The van der Waals surface area contributed by atoms with E-state index in [-0.39, 0.29) is 5.91 Å². The van der Waals surface area contributed by atoms with Gasteiger partial charge in [-0.1, -0.05) is 30.3 Å². The zero-order valence-corrected chi connectivity index (χ0v) is 14.5. The molecule has 1 amide bonds. The molecule has 0 aliphatic carbocycles. The van der Waals surface area contributed by atoms with Crippen LogP contribution in [0, 0.1) is 20.8 Å². The maximum Gasteiger partial charge on any atom is 0.232 e. The molecule has 1 atom stereocenters. The summed E-state index contributed by atoms with van der Waals surface area (Å²) in [4.78, 5) is 12.9. The highest BCUT2D eigenvalue weighted by Crippen LogP contribution is 2.22. The van der Waals surface area contributed by atoms with Crippen molar-refractivity contribution < 1.29 is 4.79 Å². The number of nitrogens with zero attached hydrogens (tertiary/aromatic N) is 4. The van der Waals surface area contributed by atoms with Gasteiger partial charge in [-0.25, -0.2) is 0 Å². The number of amides is 1. The predicted octanol–water partition coefficient (Wildman–Crippen LogP) is 2.72. The van der Waals surface area contributed by atoms with Gasteiger partial charge in [0.05, 0.1) is 5.92 Å². The average Bonchev–Trinajstić information content (AvgIpc) is 3.11. The van der Waals surface area contributed by atoms with Gasteiger partial charge in [-0.2, -0.15) is 5.21 Å². The predicted molar refractivity (Wildman–Crippen MR) is 95.3 cm³/mol. The minimum absolute atomic E-state index is 0.165. The van der Waals surface area contributed by atoms with Crippen molar-refractivity contribution in [1.29, 1.82) is 0 Å². The van der Waals surface area contributed by atoms with Gasteiger partial charge in [0.1, 0.15) is 0 Å². The van der Waals surface area contributed by atoms with Crippen LogP contribution in [0.5, 0.6) is 0 Å². The second kappa shape index (κ2) is 7.25. The molecule has 6 heteroatoms. The van der Waals surface area contributed by atoms with Gasteiger partial charge < -0.3 is 10.4 Å². The van der Waals surface area contributed by atoms with Crippen molar-refractivity contribution in [2.45, 2.75) is 33.1 Å². The quantitative estimate of drug-likeness (QED) is 0.776. The lowest BCUT2D eigenvalue weighted by molar-refractivity contribution is -0.117. The Morgan fingerprint density at radius 3 is 2.56 bits per heavy atom. The summed E-state index contributed by atoms with van der Waals surface area (Å²) in [7, 11) is 0. The van der Waals surface area contributed by atoms with E-state index in [1.54, 1.807) is 0 Å². The molecule has 0 aliphatic rings. The van der Waals surface area contributed by atoms with Crippen LogP contribution in [0.4, 0.5) is 5.69 Å². The molecule has 2 aromatic carbocycles. The number of hydrogen-bond donors (Lipinski definition) is 1. The number of hydrogen-bond acceptors (Lipinski definition) is 4. The average molecular weight is 334 g/mol. The Morgan fingerprint density at radius 1 is 1.08 bits per heavy atom. The minimum Gasteiger partial charge on any atom is -0.335 e. The molecule has 0 bridgehead atoms. The molecule has 0 radical (unpaired) electrons. The van der Waals surface area contributed by atoms with Gasteiger partial charge in [-0.3, -0.25) is 15.1 Å². The van der Waals surface area contributed by atoms with Crippen molar-refractivity contribution >= 4 is 11.6 Å². The summed E-state index contributed by atoms with van der Waals surface area (Å²) in [5.74, 6) is -0.372. The third-order valence-corrected chi connectivity index (χ3v) is 4.42. The van der Waals surface area contributed by atoms with Crippen LogP contribution in [-0.2, 0) is 11.2 Å². The van der Waals surface area contributed by atoms with Crippen molar-refractivity contribution in [3.63, 3.8) is 0 Å². The van der Waals surface area contributed by atoms with Gasteiger partial charge in [0, 0.05) is 11.5 Å². The van der Waals surface area contributed by atoms with E-state index in [2.05, 4.69) is 25.9 Å². The molecule has 1 heterocycles. The van der Waals surface area contributed by atoms with E-state index >= 15 is 0 Å². The Balaban J connectivity index is 1.85. The van der Waals surface area contributed by atoms with E-state index < -0.39 is 5.92 Å². The van der Waals surface area contributed by atoms with Crippen LogP contribution in [0.2, 0.25) is 0 Å². The Morgan fingerprint density at radius 2 is 1.88 bits per heavy atom. The van der Waals surface area contributed by atoms with Crippen molar-refractivity contribution in [2.75, 3.05) is 5.32 Å². The molecular weight excluding hydrogens is 314 g/mol. The Bertz CT molecular complexity index is 873. The first-order valence-electron chi connectivity index (χ1n) is 8.16. The number of rotatable bonds is 5. The first-order chi connectivity index (χ1) is 12.0. The van der Waals surface area contributed by atoms with Crippen LogP contribution in [0.1, 0.15) is 34.0 Å². The summed E-state index contributed by atoms with van der Waals surface area (Å²) in [5.41, 5.74) is 5.27. The van der Waals surface area contributed by atoms with Gasteiger partial charge in [0.25, 0.3) is 0 Å². The zero-order chi connectivity index (χ0) is 17.8. The molecule has 25 heavy (non-hydrogen) atoms. The summed E-state index contributed by atoms with van der Waals surface area (Å²) < 4.78 is 0. The highest BCUT2D eigenvalue weighted by Gasteiger charge is 2.22. The first-order valence-corrected chi connectivity index (χ1v) is 8.16. The molecule has 1 N–H and O–H groups in total. The number of aryl methyl sites for hydroxylation is 3. The molecule has 128 valence electrons. The van der Waals surface area contributed by atoms with E-state index in [0.717, 1.165) is 22.4 Å². The molecule has 0 saturated heterocycles. The maximum atomic E-state index is 12.9. The molecule has 6 nitrogen and oxygen atoms in total. The number of nitrogens with one attached hydrogen (secondary N) is 1. The highest BCUT2D eigenvalue weighted by atomic mass is 16.1. The molecular formula is C19H20N5O-. The number of aromatic nitrogens is 4. The van der Waals surface area contributed by atoms with Crippen molar-refractivity contribution in [3.8, 4) is 0 Å². The summed E-state index contributed by atoms with van der Waals surface area (Å²) in [5, 5.41) is 17.8. The Labute approximate surface area is 146 Å². The van der Waals surface area contributed by atoms with Gasteiger partial charge in [0.2, 0.25) is 5.91 Å². The lowest BCUT2D eigenvalue weighted by atomic mass is 9.94. The van der Waals surface area contributed by atoms with Crippen LogP contribution in [-0.4, -0.2) is 21.4 Å². The second-order valence-corrected chi connectivity index (χ2v) is 6.21. The fourth-order valence-electron chi connectivity index (χ4n) is 2.70. The minimum atomic E-state index is -0.544. The SMILES string of the molecule is Cc1ccc(NC(=O)[C@@H](Cc2ccccc2C)c2nnn[n-]2)cc1C. The van der Waals surface area contributed by atoms with Crippen LogP contribution in [0.25, 0.3) is 0 Å². The summed E-state index contributed by atoms with van der Waals surface area (Å²) in [6, 6.07) is 13.8. The summed E-state index contributed by atoms with van der Waals surface area (Å²) in [6.45, 7) is 6.08. The Kier molecular flexibility index (Phi) is 4.88. The normalized spacial score (nSPS) is 12.0. The van der Waals surface area contributed by atoms with E-state index in [1.165, 1.54) is 5.56 Å². The van der Waals surface area contributed by atoms with Crippen LogP contribution in [0.3, 0.4) is 0 Å². The van der Waals surface area contributed by atoms with Crippen LogP contribution in [0.15, 0.2) is 42.5 Å². The number of carbonyl (C=O) groups excluding carboxylic acids is 1. The standard InChI is InChI=1S/C19H21N5O/c1-12-8-9-16(10-14(12)3)20-19(25)17(18-21-23-24-22-18)11-15-7-5-4-6-13(15)2/h4-10,17H,11H2,1-3H3,(H2,20,21,22,23,24,25)/p-1/t17-/m0/s1. The van der Waals surface area contributed by atoms with Crippen molar-refractivity contribution in [3.05, 3.63) is 70.5 Å². The first kappa shape index (κ1) is 16.8. The number of anilines is 1. The topological polar surface area (TPSA) is 81.9 Å². The fourth-order valence-corrected chi connectivity index (χ4v) is 2.70. The summed E-state index contributed by atoms with van der Waals surface area (Å²) >= 11 is 0. The highest BCUT2D eigenvalue weighted by molar-refractivity contribution is 5.95. The number of benzene rings is 2. The molecule has 1 aromatic heterocycles. The van der Waals surface area contributed by atoms with Gasteiger partial charge >= 0.3 is 0 Å². The largest absolute Gasteiger partial charge is 0.335 e. The third-order valence-electron chi connectivity index (χ3n) is 4.42. The molecule has 3 rings (SSSR count). The monoisotopic (exact) mass is 334 g/mol. The summed E-state index contributed by atoms with van der Waals surface area (Å²) in [6.07, 6.45) is 0.497. The van der Waals surface area contributed by atoms with Gasteiger partial charge in [0.15, 0.2) is 0 Å². The van der Waals surface area contributed by atoms with Crippen molar-refractivity contribution in [2.24, 2.45) is 0 Å². The smallest absolute Gasteiger partial charge is 0.232 e. The van der Waals surface area contributed by atoms with Crippen molar-refractivity contribution in [1.82, 2.24) is 20.6 Å². The van der Waals surface area contributed by atoms with Crippen LogP contribution < -0.4 is 10.4 Å². The lowest BCUT2D eigenvalue weighted by Crippen LogP contribution is -2.25. The van der Waals surface area contributed by atoms with Gasteiger partial charge in [-0.15, -0.1) is 0 Å². The molecule has 3 aromatic rings. The molecule has 0 fully saturated rings. The lowest BCUT2D eigenvalue weighted by Gasteiger charge is -2.18. The zero-order valence-electron chi connectivity index (χ0n) is 14.5. The molecule has 0 saturated carbocycles. The van der Waals surface area contributed by atoms with E-state index in [1.807, 2.05) is 63.2 Å². The van der Waals surface area contributed by atoms with E-state index in [9.17, 15) is 4.79 Å². The van der Waals surface area contributed by atoms with E-state index in [0.29, 0.717) is 12.2 Å². The molecule has 0 spiro atoms. The van der Waals surface area contributed by atoms with Crippen LogP contribution >= 0.6 is 0 Å². The molecule has 0 unspecified atom stereocenters. The fraction of sp³-hybridized carbons (Fsp3) is 0.263. The van der Waals surface area contributed by atoms with E-state index in [4.69, 9.17) is 0 Å².